The van der Waals surface area contributed by atoms with Crippen molar-refractivity contribution in [2.75, 3.05) is 5.32 Å². The van der Waals surface area contributed by atoms with E-state index in [1.807, 2.05) is 72.8 Å². The molecule has 4 aromatic carbocycles. The Morgan fingerprint density at radius 1 is 0.828 bits per heavy atom. The molecule has 142 valence electrons. The Morgan fingerprint density at radius 3 is 2.31 bits per heavy atom. The number of hydrogen-bond acceptors (Lipinski definition) is 2. The monoisotopic (exact) mass is 378 g/mol. The van der Waals surface area contributed by atoms with E-state index in [9.17, 15) is 4.79 Å². The molecule has 0 spiro atoms. The fourth-order valence-electron chi connectivity index (χ4n) is 4.18. The standard InChI is InChI=1S/C26H22N2O/c27-26(20-9-2-1-3-10-20)17-24(26)19-13-15-21(16-14-19)28-25(29)23-12-6-8-18-7-4-5-11-22(18)23/h1-16,24H,17,27H2,(H,28,29)/t24-,26+/m0/s1. The van der Waals surface area contributed by atoms with Crippen molar-refractivity contribution in [1.29, 1.82) is 0 Å². The Kier molecular flexibility index (Phi) is 4.18. The lowest BCUT2D eigenvalue weighted by Crippen LogP contribution is -2.21. The minimum atomic E-state index is -0.283. The number of nitrogens with two attached hydrogens (primary N) is 1. The molecule has 29 heavy (non-hydrogen) atoms. The highest BCUT2D eigenvalue weighted by Gasteiger charge is 2.52. The number of nitrogens with one attached hydrogen (secondary N) is 1. The summed E-state index contributed by atoms with van der Waals surface area (Å²) in [6, 6.07) is 32.0. The van der Waals surface area contributed by atoms with Crippen molar-refractivity contribution in [3.8, 4) is 0 Å². The number of anilines is 1. The molecule has 0 unspecified atom stereocenters. The third kappa shape index (κ3) is 3.20. The summed E-state index contributed by atoms with van der Waals surface area (Å²) in [5, 5.41) is 5.04. The summed E-state index contributed by atoms with van der Waals surface area (Å²) < 4.78 is 0. The average Bonchev–Trinajstić information content (AvgIpc) is 3.47. The highest BCUT2D eigenvalue weighted by atomic mass is 16.1. The van der Waals surface area contributed by atoms with Crippen molar-refractivity contribution in [2.45, 2.75) is 17.9 Å². The Morgan fingerprint density at radius 2 is 1.52 bits per heavy atom. The number of carbonyl (C=O) groups excluding carboxylic acids is 1. The number of fused-ring (bicyclic) bond motifs is 1. The molecule has 1 fully saturated rings. The van der Waals surface area contributed by atoms with Gasteiger partial charge >= 0.3 is 0 Å². The molecule has 0 aliphatic heterocycles. The SMILES string of the molecule is N[C@@]1(c2ccccc2)C[C@H]1c1ccc(NC(=O)c2cccc3ccccc23)cc1. The molecule has 1 aliphatic carbocycles. The molecule has 1 aliphatic rings. The summed E-state index contributed by atoms with van der Waals surface area (Å²) in [6.07, 6.45) is 0.943. The molecular formula is C26H22N2O. The lowest BCUT2D eigenvalue weighted by atomic mass is 9.99. The third-order valence-electron chi connectivity index (χ3n) is 5.92. The molecule has 1 saturated carbocycles. The van der Waals surface area contributed by atoms with Gasteiger partial charge in [0.2, 0.25) is 0 Å². The zero-order chi connectivity index (χ0) is 19.8. The van der Waals surface area contributed by atoms with Crippen molar-refractivity contribution < 1.29 is 4.79 Å². The number of hydrogen-bond donors (Lipinski definition) is 2. The predicted molar refractivity (Wildman–Crippen MR) is 118 cm³/mol. The second-order valence-electron chi connectivity index (χ2n) is 7.77. The normalized spacial score (nSPS) is 20.4. The molecule has 3 N–H and O–H groups in total. The highest BCUT2D eigenvalue weighted by molar-refractivity contribution is 6.12. The average molecular weight is 378 g/mol. The Labute approximate surface area is 170 Å². The zero-order valence-corrected chi connectivity index (χ0v) is 16.0. The van der Waals surface area contributed by atoms with E-state index in [1.54, 1.807) is 0 Å². The molecule has 5 rings (SSSR count). The van der Waals surface area contributed by atoms with Crippen molar-refractivity contribution >= 4 is 22.4 Å². The van der Waals surface area contributed by atoms with Crippen molar-refractivity contribution in [2.24, 2.45) is 5.73 Å². The highest BCUT2D eigenvalue weighted by Crippen LogP contribution is 2.56. The van der Waals surface area contributed by atoms with Gasteiger partial charge in [0.1, 0.15) is 0 Å². The maximum atomic E-state index is 12.8. The first-order chi connectivity index (χ1) is 14.1. The second-order valence-corrected chi connectivity index (χ2v) is 7.77. The van der Waals surface area contributed by atoms with Crippen LogP contribution in [0.25, 0.3) is 10.8 Å². The van der Waals surface area contributed by atoms with Crippen LogP contribution in [0.5, 0.6) is 0 Å². The first kappa shape index (κ1) is 17.7. The van der Waals surface area contributed by atoms with Crippen LogP contribution in [0.3, 0.4) is 0 Å². The second kappa shape index (κ2) is 6.87. The van der Waals surface area contributed by atoms with Gasteiger partial charge in [0.05, 0.1) is 0 Å². The van der Waals surface area contributed by atoms with Crippen molar-refractivity contribution in [3.63, 3.8) is 0 Å². The Balaban J connectivity index is 1.33. The van der Waals surface area contributed by atoms with Gasteiger partial charge < -0.3 is 11.1 Å². The van der Waals surface area contributed by atoms with E-state index in [2.05, 4.69) is 29.6 Å². The number of carbonyl (C=O) groups is 1. The molecule has 3 heteroatoms. The van der Waals surface area contributed by atoms with Gasteiger partial charge in [0.25, 0.3) is 5.91 Å². The van der Waals surface area contributed by atoms with Crippen LogP contribution in [0.15, 0.2) is 97.1 Å². The van der Waals surface area contributed by atoms with Crippen LogP contribution < -0.4 is 11.1 Å². The summed E-state index contributed by atoms with van der Waals surface area (Å²) in [6.45, 7) is 0. The summed E-state index contributed by atoms with van der Waals surface area (Å²) in [4.78, 5) is 12.8. The third-order valence-corrected chi connectivity index (χ3v) is 5.92. The summed E-state index contributed by atoms with van der Waals surface area (Å²) in [5.74, 6) is 0.214. The predicted octanol–water partition coefficient (Wildman–Crippen LogP) is 5.43. The number of benzene rings is 4. The van der Waals surface area contributed by atoms with Gasteiger partial charge in [-0.15, -0.1) is 0 Å². The fourth-order valence-corrected chi connectivity index (χ4v) is 4.18. The molecule has 4 aromatic rings. The van der Waals surface area contributed by atoms with E-state index in [0.717, 1.165) is 22.9 Å². The summed E-state index contributed by atoms with van der Waals surface area (Å²) in [7, 11) is 0. The van der Waals surface area contributed by atoms with Gasteiger partial charge in [-0.1, -0.05) is 78.9 Å². The van der Waals surface area contributed by atoms with Gasteiger partial charge in [-0.2, -0.15) is 0 Å². The molecular weight excluding hydrogens is 356 g/mol. The smallest absolute Gasteiger partial charge is 0.256 e. The van der Waals surface area contributed by atoms with Gasteiger partial charge in [0, 0.05) is 22.7 Å². The maximum absolute atomic E-state index is 12.8. The summed E-state index contributed by atoms with van der Waals surface area (Å²) in [5.41, 5.74) is 10.2. The van der Waals surface area contributed by atoms with E-state index in [0.29, 0.717) is 11.5 Å². The van der Waals surface area contributed by atoms with Crippen molar-refractivity contribution in [3.05, 3.63) is 114 Å². The van der Waals surface area contributed by atoms with E-state index >= 15 is 0 Å². The number of amides is 1. The van der Waals surface area contributed by atoms with Crippen LogP contribution in [-0.4, -0.2) is 5.91 Å². The fraction of sp³-hybridized carbons (Fsp3) is 0.115. The molecule has 0 bridgehead atoms. The maximum Gasteiger partial charge on any atom is 0.256 e. The largest absolute Gasteiger partial charge is 0.322 e. The van der Waals surface area contributed by atoms with Crippen LogP contribution in [-0.2, 0) is 5.54 Å². The lowest BCUT2D eigenvalue weighted by molar-refractivity contribution is 0.102. The quantitative estimate of drug-likeness (QED) is 0.497. The van der Waals surface area contributed by atoms with Gasteiger partial charge in [-0.05, 0) is 46.5 Å². The first-order valence-corrected chi connectivity index (χ1v) is 9.89. The first-order valence-electron chi connectivity index (χ1n) is 9.89. The molecule has 0 saturated heterocycles. The van der Waals surface area contributed by atoms with E-state index in [-0.39, 0.29) is 11.4 Å². The number of rotatable bonds is 4. The molecule has 0 heterocycles. The topological polar surface area (TPSA) is 55.1 Å². The van der Waals surface area contributed by atoms with Crippen LogP contribution in [0.2, 0.25) is 0 Å². The van der Waals surface area contributed by atoms with E-state index in [1.165, 1.54) is 11.1 Å². The molecule has 0 radical (unpaired) electrons. The summed E-state index contributed by atoms with van der Waals surface area (Å²) >= 11 is 0. The van der Waals surface area contributed by atoms with Gasteiger partial charge in [0.15, 0.2) is 0 Å². The van der Waals surface area contributed by atoms with Crippen LogP contribution in [0, 0.1) is 0 Å². The molecule has 1 amide bonds. The Bertz CT molecular complexity index is 1180. The van der Waals surface area contributed by atoms with Crippen LogP contribution in [0.1, 0.15) is 33.8 Å². The molecule has 0 aromatic heterocycles. The minimum Gasteiger partial charge on any atom is -0.322 e. The minimum absolute atomic E-state index is 0.0987. The van der Waals surface area contributed by atoms with Gasteiger partial charge in [-0.25, -0.2) is 0 Å². The van der Waals surface area contributed by atoms with Crippen LogP contribution in [0.4, 0.5) is 5.69 Å². The van der Waals surface area contributed by atoms with Crippen LogP contribution >= 0.6 is 0 Å². The van der Waals surface area contributed by atoms with E-state index in [4.69, 9.17) is 5.73 Å². The Hall–Kier alpha value is -3.43. The molecule has 2 atom stereocenters. The lowest BCUT2D eigenvalue weighted by Gasteiger charge is -2.13. The molecule has 3 nitrogen and oxygen atoms in total. The van der Waals surface area contributed by atoms with E-state index < -0.39 is 0 Å². The van der Waals surface area contributed by atoms with Gasteiger partial charge in [-0.3, -0.25) is 4.79 Å². The van der Waals surface area contributed by atoms with Crippen molar-refractivity contribution in [1.82, 2.24) is 0 Å². The zero-order valence-electron chi connectivity index (χ0n) is 16.0.